The molecule has 6 nitrogen and oxygen atoms in total. The number of ether oxygens (including phenoxy) is 2. The number of likely N-dealkylation sites (N-methyl/N-ethyl adjacent to an activating group) is 1. The molecule has 0 N–H and O–H groups in total. The number of fused-ring (bicyclic) bond motifs is 1. The van der Waals surface area contributed by atoms with Gasteiger partial charge in [0.1, 0.15) is 10.8 Å². The minimum absolute atomic E-state index is 0.218. The van der Waals surface area contributed by atoms with Crippen LogP contribution in [0.5, 0.6) is 5.75 Å². The largest absolute Gasteiger partial charge is 0.482 e. The zero-order chi connectivity index (χ0) is 21.0. The van der Waals surface area contributed by atoms with Gasteiger partial charge >= 0.3 is 5.97 Å². The number of hydrogen-bond acceptors (Lipinski definition) is 6. The number of aromatic nitrogens is 1. The molecule has 0 aliphatic heterocycles. The van der Waals surface area contributed by atoms with Gasteiger partial charge < -0.3 is 14.4 Å². The Morgan fingerprint density at radius 3 is 2.62 bits per heavy atom. The molecular weight excluding hydrogens is 388 g/mol. The van der Waals surface area contributed by atoms with E-state index in [0.29, 0.717) is 5.75 Å². The van der Waals surface area contributed by atoms with E-state index in [1.807, 2.05) is 63.2 Å². The fourth-order valence-electron chi connectivity index (χ4n) is 2.83. The molecule has 0 saturated carbocycles. The molecule has 0 unspecified atom stereocenters. The summed E-state index contributed by atoms with van der Waals surface area (Å²) in [5, 5.41) is 0.839. The van der Waals surface area contributed by atoms with E-state index in [2.05, 4.69) is 4.98 Å². The van der Waals surface area contributed by atoms with Gasteiger partial charge in [-0.15, -0.1) is 11.3 Å². The van der Waals surface area contributed by atoms with Crippen molar-refractivity contribution in [3.05, 3.63) is 58.6 Å². The van der Waals surface area contributed by atoms with Gasteiger partial charge in [0.05, 0.1) is 16.3 Å². The van der Waals surface area contributed by atoms with Gasteiger partial charge in [-0.1, -0.05) is 29.8 Å². The first-order chi connectivity index (χ1) is 13.8. The van der Waals surface area contributed by atoms with E-state index in [9.17, 15) is 9.59 Å². The second-order valence-corrected chi connectivity index (χ2v) is 7.98. The molecule has 0 radical (unpaired) electrons. The monoisotopic (exact) mass is 412 g/mol. The first-order valence-corrected chi connectivity index (χ1v) is 10.1. The van der Waals surface area contributed by atoms with Crippen LogP contribution in [0.15, 0.2) is 42.5 Å². The highest BCUT2D eigenvalue weighted by Crippen LogP contribution is 2.28. The molecule has 7 heteroatoms. The number of rotatable bonds is 7. The van der Waals surface area contributed by atoms with E-state index in [-0.39, 0.29) is 25.2 Å². The van der Waals surface area contributed by atoms with Crippen molar-refractivity contribution < 1.29 is 19.1 Å². The quantitative estimate of drug-likeness (QED) is 0.548. The van der Waals surface area contributed by atoms with Crippen LogP contribution in [0, 0.1) is 13.8 Å². The van der Waals surface area contributed by atoms with E-state index in [0.717, 1.165) is 26.4 Å². The molecule has 0 aliphatic carbocycles. The number of para-hydroxylation sites is 1. The van der Waals surface area contributed by atoms with Crippen LogP contribution in [0.3, 0.4) is 0 Å². The molecule has 1 atom stereocenters. The van der Waals surface area contributed by atoms with Crippen molar-refractivity contribution in [2.24, 2.45) is 0 Å². The molecule has 1 heterocycles. The first kappa shape index (κ1) is 20.8. The number of amides is 1. The van der Waals surface area contributed by atoms with Crippen LogP contribution in [0.4, 0.5) is 0 Å². The lowest BCUT2D eigenvalue weighted by atomic mass is 10.1. The second kappa shape index (κ2) is 9.05. The molecule has 0 saturated heterocycles. The predicted octanol–water partition coefficient (Wildman–Crippen LogP) is 4.05. The molecule has 0 aliphatic rings. The summed E-state index contributed by atoms with van der Waals surface area (Å²) < 4.78 is 11.6. The van der Waals surface area contributed by atoms with Gasteiger partial charge in [0, 0.05) is 7.05 Å². The number of carbonyl (C=O) groups is 2. The zero-order valence-corrected chi connectivity index (χ0v) is 17.8. The Kier molecular flexibility index (Phi) is 6.49. The lowest BCUT2D eigenvalue weighted by molar-refractivity contribution is -0.153. The Bertz CT molecular complexity index is 998. The lowest BCUT2D eigenvalue weighted by Crippen LogP contribution is -2.34. The predicted molar refractivity (Wildman–Crippen MR) is 113 cm³/mol. The molecule has 1 amide bonds. The number of carbonyl (C=O) groups excluding carboxylic acids is 2. The summed E-state index contributed by atoms with van der Waals surface area (Å²) in [6.07, 6.45) is 0. The van der Waals surface area contributed by atoms with Gasteiger partial charge in [-0.05, 0) is 44.5 Å². The molecule has 1 aromatic heterocycles. The van der Waals surface area contributed by atoms with Gasteiger partial charge in [0.2, 0.25) is 0 Å². The topological polar surface area (TPSA) is 68.7 Å². The maximum atomic E-state index is 12.4. The summed E-state index contributed by atoms with van der Waals surface area (Å²) >= 11 is 1.55. The van der Waals surface area contributed by atoms with Gasteiger partial charge in [0.25, 0.3) is 5.91 Å². The third kappa shape index (κ3) is 5.12. The molecule has 0 spiro atoms. The zero-order valence-electron chi connectivity index (χ0n) is 17.0. The van der Waals surface area contributed by atoms with Crippen LogP contribution in [0.1, 0.15) is 29.1 Å². The number of thiazole rings is 1. The fourth-order valence-corrected chi connectivity index (χ4v) is 3.90. The normalized spacial score (nSPS) is 11.9. The van der Waals surface area contributed by atoms with Crippen molar-refractivity contribution in [3.63, 3.8) is 0 Å². The molecule has 0 fully saturated rings. The molecule has 29 heavy (non-hydrogen) atoms. The number of hydrogen-bond donors (Lipinski definition) is 0. The van der Waals surface area contributed by atoms with E-state index in [4.69, 9.17) is 9.47 Å². The van der Waals surface area contributed by atoms with E-state index in [1.165, 1.54) is 4.90 Å². The van der Waals surface area contributed by atoms with Crippen LogP contribution in [0.25, 0.3) is 10.2 Å². The SMILES string of the molecule is Cc1ccc(OCC(=O)OCC(=O)N(C)[C@H](C)c2nc3ccccc3s2)c(C)c1. The summed E-state index contributed by atoms with van der Waals surface area (Å²) in [7, 11) is 1.68. The van der Waals surface area contributed by atoms with Crippen molar-refractivity contribution in [1.82, 2.24) is 9.88 Å². The Balaban J connectivity index is 1.50. The second-order valence-electron chi connectivity index (χ2n) is 6.92. The fraction of sp³-hybridized carbons (Fsp3) is 0.318. The maximum Gasteiger partial charge on any atom is 0.344 e. The summed E-state index contributed by atoms with van der Waals surface area (Å²) in [6.45, 7) is 5.23. The van der Waals surface area contributed by atoms with Crippen LogP contribution >= 0.6 is 11.3 Å². The summed E-state index contributed by atoms with van der Waals surface area (Å²) in [5.74, 6) is -0.253. The van der Waals surface area contributed by atoms with Crippen molar-refractivity contribution in [2.75, 3.05) is 20.3 Å². The average molecular weight is 413 g/mol. The van der Waals surface area contributed by atoms with Crippen LogP contribution < -0.4 is 4.74 Å². The highest BCUT2D eigenvalue weighted by Gasteiger charge is 2.22. The van der Waals surface area contributed by atoms with Crippen molar-refractivity contribution >= 4 is 33.4 Å². The Morgan fingerprint density at radius 1 is 1.14 bits per heavy atom. The smallest absolute Gasteiger partial charge is 0.344 e. The molecule has 2 aromatic carbocycles. The highest BCUT2D eigenvalue weighted by molar-refractivity contribution is 7.18. The number of esters is 1. The maximum absolute atomic E-state index is 12.4. The van der Waals surface area contributed by atoms with Crippen molar-refractivity contribution in [2.45, 2.75) is 26.8 Å². The van der Waals surface area contributed by atoms with Gasteiger partial charge in [-0.3, -0.25) is 4.79 Å². The number of aryl methyl sites for hydroxylation is 2. The van der Waals surface area contributed by atoms with E-state index < -0.39 is 5.97 Å². The average Bonchev–Trinajstić information content (AvgIpc) is 3.14. The van der Waals surface area contributed by atoms with Crippen LogP contribution in [-0.2, 0) is 14.3 Å². The molecule has 3 aromatic rings. The third-order valence-electron chi connectivity index (χ3n) is 4.67. The summed E-state index contributed by atoms with van der Waals surface area (Å²) in [6, 6.07) is 13.3. The number of benzene rings is 2. The number of nitrogens with zero attached hydrogens (tertiary/aromatic N) is 2. The van der Waals surface area contributed by atoms with Gasteiger partial charge in [0.15, 0.2) is 13.2 Å². The van der Waals surface area contributed by atoms with E-state index >= 15 is 0 Å². The van der Waals surface area contributed by atoms with Gasteiger partial charge in [-0.2, -0.15) is 0 Å². The summed E-state index contributed by atoms with van der Waals surface area (Å²) in [4.78, 5) is 30.5. The minimum Gasteiger partial charge on any atom is -0.482 e. The summed E-state index contributed by atoms with van der Waals surface area (Å²) in [5.41, 5.74) is 2.97. The Labute approximate surface area is 174 Å². The van der Waals surface area contributed by atoms with E-state index in [1.54, 1.807) is 18.4 Å². The van der Waals surface area contributed by atoms with Gasteiger partial charge in [-0.25, -0.2) is 9.78 Å². The van der Waals surface area contributed by atoms with Crippen molar-refractivity contribution in [1.29, 1.82) is 0 Å². The lowest BCUT2D eigenvalue weighted by Gasteiger charge is -2.23. The molecule has 152 valence electrons. The third-order valence-corrected chi connectivity index (χ3v) is 5.88. The molecule has 3 rings (SSSR count). The standard InChI is InChI=1S/C22H24N2O4S/c1-14-9-10-18(15(2)11-14)27-13-21(26)28-12-20(25)24(4)16(3)22-23-17-7-5-6-8-19(17)29-22/h5-11,16H,12-13H2,1-4H3/t16-/m1/s1. The Hall–Kier alpha value is -2.93. The van der Waals surface area contributed by atoms with Crippen LogP contribution in [0.2, 0.25) is 0 Å². The highest BCUT2D eigenvalue weighted by atomic mass is 32.1. The van der Waals surface area contributed by atoms with Crippen LogP contribution in [-0.4, -0.2) is 42.0 Å². The van der Waals surface area contributed by atoms with Crippen molar-refractivity contribution in [3.8, 4) is 5.75 Å². The first-order valence-electron chi connectivity index (χ1n) is 9.32. The molecule has 0 bridgehead atoms. The molecular formula is C22H24N2O4S. The minimum atomic E-state index is -0.584. The Morgan fingerprint density at radius 2 is 1.90 bits per heavy atom.